The Balaban J connectivity index is 2.14. The summed E-state index contributed by atoms with van der Waals surface area (Å²) in [6.07, 6.45) is 0. The van der Waals surface area contributed by atoms with Crippen molar-refractivity contribution < 1.29 is 9.32 Å². The molecule has 15 heavy (non-hydrogen) atoms. The second-order valence-corrected chi connectivity index (χ2v) is 4.09. The Kier molecular flexibility index (Phi) is 2.51. The highest BCUT2D eigenvalue weighted by molar-refractivity contribution is 7.09. The van der Waals surface area contributed by atoms with Gasteiger partial charge in [-0.3, -0.25) is 4.79 Å². The van der Waals surface area contributed by atoms with E-state index in [4.69, 9.17) is 4.52 Å². The molecule has 0 aliphatic heterocycles. The lowest BCUT2D eigenvalue weighted by Gasteiger charge is -1.97. The molecule has 0 saturated carbocycles. The van der Waals surface area contributed by atoms with E-state index < -0.39 is 0 Å². The number of hydrogen-bond donors (Lipinski definition) is 1. The lowest BCUT2D eigenvalue weighted by atomic mass is 10.3. The summed E-state index contributed by atoms with van der Waals surface area (Å²) in [4.78, 5) is 16.5. The van der Waals surface area contributed by atoms with Crippen LogP contribution in [0.25, 0.3) is 0 Å². The lowest BCUT2D eigenvalue weighted by molar-refractivity contribution is 0.102. The normalized spacial score (nSPS) is 10.3. The summed E-state index contributed by atoms with van der Waals surface area (Å²) in [6, 6.07) is 1.65. The first kappa shape index (κ1) is 9.85. The van der Waals surface area contributed by atoms with Gasteiger partial charge < -0.3 is 9.84 Å². The van der Waals surface area contributed by atoms with Crippen molar-refractivity contribution >= 4 is 23.1 Å². The Bertz CT molecular complexity index is 489. The minimum absolute atomic E-state index is 0.262. The van der Waals surface area contributed by atoms with Gasteiger partial charge in [0.2, 0.25) is 0 Å². The Morgan fingerprint density at radius 1 is 1.53 bits per heavy atom. The highest BCUT2D eigenvalue weighted by atomic mass is 32.1. The Labute approximate surface area is 90.1 Å². The van der Waals surface area contributed by atoms with E-state index in [0.29, 0.717) is 17.3 Å². The van der Waals surface area contributed by atoms with Crippen LogP contribution in [0.15, 0.2) is 16.1 Å². The molecule has 78 valence electrons. The number of nitrogens with zero attached hydrogens (tertiary/aromatic N) is 2. The number of thiazole rings is 1. The molecule has 2 aromatic rings. The van der Waals surface area contributed by atoms with Crippen LogP contribution in [0.4, 0.5) is 5.82 Å². The minimum atomic E-state index is -0.262. The molecule has 5 nitrogen and oxygen atoms in total. The Hall–Kier alpha value is -1.69. The van der Waals surface area contributed by atoms with Gasteiger partial charge in [-0.15, -0.1) is 11.3 Å². The van der Waals surface area contributed by atoms with Crippen molar-refractivity contribution in [1.29, 1.82) is 0 Å². The third kappa shape index (κ3) is 2.04. The molecule has 0 spiro atoms. The van der Waals surface area contributed by atoms with Crippen molar-refractivity contribution in [3.8, 4) is 0 Å². The van der Waals surface area contributed by atoms with Gasteiger partial charge in [0.05, 0.1) is 5.51 Å². The van der Waals surface area contributed by atoms with Crippen molar-refractivity contribution in [3.05, 3.63) is 27.9 Å². The van der Waals surface area contributed by atoms with Gasteiger partial charge in [-0.05, 0) is 13.8 Å². The Morgan fingerprint density at radius 2 is 2.33 bits per heavy atom. The highest BCUT2D eigenvalue weighted by Gasteiger charge is 2.13. The smallest absolute Gasteiger partial charge is 0.276 e. The van der Waals surface area contributed by atoms with Crippen molar-refractivity contribution in [3.63, 3.8) is 0 Å². The van der Waals surface area contributed by atoms with E-state index in [1.165, 1.54) is 11.3 Å². The van der Waals surface area contributed by atoms with Gasteiger partial charge >= 0.3 is 0 Å². The zero-order valence-corrected chi connectivity index (χ0v) is 9.09. The van der Waals surface area contributed by atoms with Crippen LogP contribution >= 0.6 is 11.3 Å². The van der Waals surface area contributed by atoms with Crippen LogP contribution in [0.1, 0.15) is 21.1 Å². The number of anilines is 1. The third-order valence-electron chi connectivity index (χ3n) is 1.83. The van der Waals surface area contributed by atoms with Gasteiger partial charge in [0.15, 0.2) is 5.82 Å². The maximum atomic E-state index is 11.7. The molecule has 1 N–H and O–H groups in total. The summed E-state index contributed by atoms with van der Waals surface area (Å²) < 4.78 is 4.83. The van der Waals surface area contributed by atoms with Crippen molar-refractivity contribution in [2.75, 3.05) is 5.32 Å². The van der Waals surface area contributed by atoms with Crippen LogP contribution in [0, 0.1) is 13.8 Å². The maximum Gasteiger partial charge on any atom is 0.276 e. The van der Waals surface area contributed by atoms with Crippen LogP contribution < -0.4 is 5.32 Å². The molecule has 1 amide bonds. The summed E-state index contributed by atoms with van der Waals surface area (Å²) in [6.45, 7) is 3.61. The number of nitrogens with one attached hydrogen (secondary N) is 1. The van der Waals surface area contributed by atoms with Gasteiger partial charge in [0.1, 0.15) is 11.5 Å². The largest absolute Gasteiger partial charge is 0.360 e. The van der Waals surface area contributed by atoms with E-state index >= 15 is 0 Å². The van der Waals surface area contributed by atoms with Crippen molar-refractivity contribution in [2.24, 2.45) is 0 Å². The van der Waals surface area contributed by atoms with E-state index in [2.05, 4.69) is 15.5 Å². The van der Waals surface area contributed by atoms with E-state index in [-0.39, 0.29) is 5.91 Å². The molecule has 2 rings (SSSR count). The predicted molar refractivity (Wildman–Crippen MR) is 56.0 cm³/mol. The van der Waals surface area contributed by atoms with Gasteiger partial charge in [-0.25, -0.2) is 4.98 Å². The second kappa shape index (κ2) is 3.82. The van der Waals surface area contributed by atoms with Crippen LogP contribution in [0.2, 0.25) is 0 Å². The number of rotatable bonds is 2. The number of carbonyl (C=O) groups is 1. The topological polar surface area (TPSA) is 68.0 Å². The molecule has 0 aliphatic rings. The summed E-state index contributed by atoms with van der Waals surface area (Å²) >= 11 is 1.43. The molecule has 0 radical (unpaired) electrons. The quantitative estimate of drug-likeness (QED) is 0.845. The van der Waals surface area contributed by atoms with Crippen LogP contribution in [0.3, 0.4) is 0 Å². The summed E-state index contributed by atoms with van der Waals surface area (Å²) in [5.74, 6) is 0.798. The average Bonchev–Trinajstić information content (AvgIpc) is 2.75. The first-order valence-electron chi connectivity index (χ1n) is 4.31. The van der Waals surface area contributed by atoms with E-state index in [1.807, 2.05) is 6.92 Å². The molecule has 0 aromatic carbocycles. The molecule has 2 heterocycles. The first-order chi connectivity index (χ1) is 7.16. The standard InChI is InChI=1S/C9H9N3O2S/c1-5-3-7(12-14-5)11-9(13)8-6(2)15-4-10-8/h3-4H,1-2H3,(H,11,12,13). The molecule has 0 fully saturated rings. The van der Waals surface area contributed by atoms with E-state index in [0.717, 1.165) is 4.88 Å². The van der Waals surface area contributed by atoms with E-state index in [1.54, 1.807) is 18.5 Å². The third-order valence-corrected chi connectivity index (χ3v) is 2.59. The number of carbonyl (C=O) groups excluding carboxylic acids is 1. The number of aromatic nitrogens is 2. The average molecular weight is 223 g/mol. The van der Waals surface area contributed by atoms with Gasteiger partial charge in [0.25, 0.3) is 5.91 Å². The molecule has 2 aromatic heterocycles. The lowest BCUT2D eigenvalue weighted by Crippen LogP contribution is -2.13. The molecular weight excluding hydrogens is 214 g/mol. The molecule has 0 aliphatic carbocycles. The second-order valence-electron chi connectivity index (χ2n) is 3.03. The molecule has 6 heteroatoms. The fourth-order valence-electron chi connectivity index (χ4n) is 1.12. The zero-order valence-electron chi connectivity index (χ0n) is 8.27. The van der Waals surface area contributed by atoms with Crippen molar-refractivity contribution in [2.45, 2.75) is 13.8 Å². The Morgan fingerprint density at radius 3 is 2.87 bits per heavy atom. The number of hydrogen-bond acceptors (Lipinski definition) is 5. The first-order valence-corrected chi connectivity index (χ1v) is 5.19. The molecule has 0 saturated heterocycles. The molecule has 0 unspecified atom stereocenters. The van der Waals surface area contributed by atoms with E-state index in [9.17, 15) is 4.79 Å². The molecular formula is C9H9N3O2S. The fraction of sp³-hybridized carbons (Fsp3) is 0.222. The molecule has 0 atom stereocenters. The van der Waals surface area contributed by atoms with Gasteiger partial charge in [0, 0.05) is 10.9 Å². The van der Waals surface area contributed by atoms with Gasteiger partial charge in [-0.1, -0.05) is 5.16 Å². The zero-order chi connectivity index (χ0) is 10.8. The SMILES string of the molecule is Cc1cc(NC(=O)c2ncsc2C)no1. The predicted octanol–water partition coefficient (Wildman–Crippen LogP) is 2.00. The van der Waals surface area contributed by atoms with Crippen LogP contribution in [0.5, 0.6) is 0 Å². The minimum Gasteiger partial charge on any atom is -0.360 e. The number of aryl methyl sites for hydroxylation is 2. The number of amides is 1. The van der Waals surface area contributed by atoms with Crippen LogP contribution in [-0.2, 0) is 0 Å². The summed E-state index contributed by atoms with van der Waals surface area (Å²) in [5.41, 5.74) is 2.07. The molecule has 0 bridgehead atoms. The maximum absolute atomic E-state index is 11.7. The summed E-state index contributed by atoms with van der Waals surface area (Å²) in [7, 11) is 0. The monoisotopic (exact) mass is 223 g/mol. The fourth-order valence-corrected chi connectivity index (χ4v) is 1.70. The van der Waals surface area contributed by atoms with Crippen molar-refractivity contribution in [1.82, 2.24) is 10.1 Å². The summed E-state index contributed by atoms with van der Waals surface area (Å²) in [5, 5.41) is 6.27. The van der Waals surface area contributed by atoms with Gasteiger partial charge in [-0.2, -0.15) is 0 Å². The highest BCUT2D eigenvalue weighted by Crippen LogP contribution is 2.14. The van der Waals surface area contributed by atoms with Crippen LogP contribution in [-0.4, -0.2) is 16.0 Å².